The molecule has 0 heterocycles. The van der Waals surface area contributed by atoms with Gasteiger partial charge in [-0.15, -0.1) is 0 Å². The molecule has 0 aromatic heterocycles. The molecule has 1 aromatic rings. The van der Waals surface area contributed by atoms with Gasteiger partial charge < -0.3 is 10.6 Å². The number of carbonyl (C=O) groups is 1. The summed E-state index contributed by atoms with van der Waals surface area (Å²) in [6.07, 6.45) is 1.40. The van der Waals surface area contributed by atoms with Gasteiger partial charge in [-0.05, 0) is 12.0 Å². The number of benzene rings is 1. The van der Waals surface area contributed by atoms with Crippen molar-refractivity contribution >= 4 is 5.91 Å². The van der Waals surface area contributed by atoms with Crippen LogP contribution in [0, 0.1) is 0 Å². The highest BCUT2D eigenvalue weighted by Gasteiger charge is 2.14. The molecule has 1 rings (SSSR count). The van der Waals surface area contributed by atoms with Gasteiger partial charge in [0.1, 0.15) is 0 Å². The number of amides is 1. The minimum Gasteiger partial charge on any atom is -0.359 e. The van der Waals surface area contributed by atoms with E-state index in [9.17, 15) is 4.79 Å². The Morgan fingerprint density at radius 3 is 2.41 bits per heavy atom. The van der Waals surface area contributed by atoms with Crippen molar-refractivity contribution in [2.75, 3.05) is 7.05 Å². The van der Waals surface area contributed by atoms with Gasteiger partial charge in [0.05, 0.1) is 0 Å². The third-order valence-corrected chi connectivity index (χ3v) is 2.60. The van der Waals surface area contributed by atoms with Gasteiger partial charge in [0, 0.05) is 25.6 Å². The van der Waals surface area contributed by atoms with Crippen molar-refractivity contribution in [3.8, 4) is 0 Å². The minimum absolute atomic E-state index is 0.0825. The van der Waals surface area contributed by atoms with Gasteiger partial charge in [0.25, 0.3) is 0 Å². The van der Waals surface area contributed by atoms with Crippen molar-refractivity contribution in [3.05, 3.63) is 35.9 Å². The molecule has 0 aliphatic carbocycles. The summed E-state index contributed by atoms with van der Waals surface area (Å²) in [6, 6.07) is 10.8. The minimum atomic E-state index is 0.0825. The molecular weight excluding hydrogens is 212 g/mol. The van der Waals surface area contributed by atoms with Gasteiger partial charge in [-0.25, -0.2) is 0 Å². The van der Waals surface area contributed by atoms with Crippen LogP contribution in [0.25, 0.3) is 0 Å². The topological polar surface area (TPSA) is 41.1 Å². The highest BCUT2D eigenvalue weighted by atomic mass is 16.1. The third kappa shape index (κ3) is 5.50. The van der Waals surface area contributed by atoms with E-state index in [0.717, 1.165) is 6.42 Å². The molecule has 1 unspecified atom stereocenters. The fourth-order valence-electron chi connectivity index (χ4n) is 1.89. The summed E-state index contributed by atoms with van der Waals surface area (Å²) in [5, 5.41) is 6.11. The Hall–Kier alpha value is -1.35. The molecule has 0 saturated carbocycles. The molecule has 94 valence electrons. The van der Waals surface area contributed by atoms with Crippen LogP contribution in [0.5, 0.6) is 0 Å². The quantitative estimate of drug-likeness (QED) is 0.787. The number of nitrogens with one attached hydrogen (secondary N) is 2. The first kappa shape index (κ1) is 13.7. The molecule has 0 bridgehead atoms. The van der Waals surface area contributed by atoms with Crippen LogP contribution in [0.4, 0.5) is 0 Å². The molecule has 2 N–H and O–H groups in total. The fraction of sp³-hybridized carbons (Fsp3) is 0.500. The lowest BCUT2D eigenvalue weighted by molar-refractivity contribution is -0.121. The van der Waals surface area contributed by atoms with Crippen LogP contribution in [0.3, 0.4) is 0 Å². The molecule has 3 heteroatoms. The molecule has 0 aliphatic heterocycles. The number of rotatable bonds is 6. The Balaban J connectivity index is 2.60. The average molecular weight is 234 g/mol. The molecule has 0 radical (unpaired) electrons. The van der Waals surface area contributed by atoms with E-state index in [1.807, 2.05) is 18.2 Å². The Morgan fingerprint density at radius 2 is 1.88 bits per heavy atom. The molecule has 17 heavy (non-hydrogen) atoms. The molecular formula is C14H22N2O. The second-order valence-corrected chi connectivity index (χ2v) is 4.59. The predicted molar refractivity (Wildman–Crippen MR) is 70.9 cm³/mol. The first-order chi connectivity index (χ1) is 8.11. The van der Waals surface area contributed by atoms with Gasteiger partial charge in [0.2, 0.25) is 5.91 Å². The lowest BCUT2D eigenvalue weighted by Gasteiger charge is -2.20. The number of carbonyl (C=O) groups excluding carboxylic acids is 1. The number of hydrogen-bond donors (Lipinski definition) is 2. The molecule has 0 aliphatic rings. The Labute approximate surface area is 104 Å². The molecule has 1 atom stereocenters. The summed E-state index contributed by atoms with van der Waals surface area (Å²) in [7, 11) is 1.68. The van der Waals surface area contributed by atoms with Gasteiger partial charge in [-0.3, -0.25) is 4.79 Å². The van der Waals surface area contributed by atoms with E-state index in [4.69, 9.17) is 0 Å². The largest absolute Gasteiger partial charge is 0.359 e. The first-order valence-electron chi connectivity index (χ1n) is 6.12. The predicted octanol–water partition coefficient (Wildman–Crippen LogP) is 1.73. The Morgan fingerprint density at radius 1 is 1.24 bits per heavy atom. The van der Waals surface area contributed by atoms with Crippen molar-refractivity contribution in [2.45, 2.75) is 38.8 Å². The van der Waals surface area contributed by atoms with Gasteiger partial charge in [-0.1, -0.05) is 44.2 Å². The van der Waals surface area contributed by atoms with Crippen LogP contribution in [0.2, 0.25) is 0 Å². The monoisotopic (exact) mass is 234 g/mol. The summed E-state index contributed by atoms with van der Waals surface area (Å²) in [6.45, 7) is 4.20. The second kappa shape index (κ2) is 7.07. The standard InChI is InChI=1S/C14H22N2O/c1-11(2)16-13(10-14(17)15-3)9-12-7-5-4-6-8-12/h4-8,11,13,16H,9-10H2,1-3H3,(H,15,17). The first-order valence-corrected chi connectivity index (χ1v) is 6.12. The maximum atomic E-state index is 11.4. The Bertz CT molecular complexity index is 335. The van der Waals surface area contributed by atoms with E-state index >= 15 is 0 Å². The molecule has 0 spiro atoms. The van der Waals surface area contributed by atoms with E-state index in [1.54, 1.807) is 7.05 Å². The van der Waals surface area contributed by atoms with Crippen molar-refractivity contribution in [1.82, 2.24) is 10.6 Å². The van der Waals surface area contributed by atoms with Crippen LogP contribution < -0.4 is 10.6 Å². The summed E-state index contributed by atoms with van der Waals surface area (Å²) < 4.78 is 0. The van der Waals surface area contributed by atoms with E-state index in [-0.39, 0.29) is 11.9 Å². The molecule has 0 saturated heterocycles. The van der Waals surface area contributed by atoms with Crippen LogP contribution in [-0.4, -0.2) is 25.0 Å². The maximum Gasteiger partial charge on any atom is 0.221 e. The fourth-order valence-corrected chi connectivity index (χ4v) is 1.89. The zero-order valence-electron chi connectivity index (χ0n) is 10.9. The highest BCUT2D eigenvalue weighted by Crippen LogP contribution is 2.06. The summed E-state index contributed by atoms with van der Waals surface area (Å²) in [5.41, 5.74) is 1.26. The third-order valence-electron chi connectivity index (χ3n) is 2.60. The van der Waals surface area contributed by atoms with E-state index < -0.39 is 0 Å². The van der Waals surface area contributed by atoms with Crippen LogP contribution in [-0.2, 0) is 11.2 Å². The highest BCUT2D eigenvalue weighted by molar-refractivity contribution is 5.76. The maximum absolute atomic E-state index is 11.4. The van der Waals surface area contributed by atoms with Crippen LogP contribution in [0.15, 0.2) is 30.3 Å². The number of hydrogen-bond acceptors (Lipinski definition) is 2. The smallest absolute Gasteiger partial charge is 0.221 e. The SMILES string of the molecule is CNC(=O)CC(Cc1ccccc1)NC(C)C. The second-order valence-electron chi connectivity index (χ2n) is 4.59. The molecule has 1 amide bonds. The van der Waals surface area contributed by atoms with E-state index in [1.165, 1.54) is 5.56 Å². The van der Waals surface area contributed by atoms with Gasteiger partial charge in [0.15, 0.2) is 0 Å². The molecule has 0 fully saturated rings. The van der Waals surface area contributed by atoms with Gasteiger partial charge in [-0.2, -0.15) is 0 Å². The van der Waals surface area contributed by atoms with Crippen LogP contribution >= 0.6 is 0 Å². The van der Waals surface area contributed by atoms with Crippen molar-refractivity contribution in [2.24, 2.45) is 0 Å². The Kier molecular flexibility index (Phi) is 5.70. The zero-order valence-corrected chi connectivity index (χ0v) is 10.9. The summed E-state index contributed by atoms with van der Waals surface area (Å²) in [5.74, 6) is 0.0825. The van der Waals surface area contributed by atoms with E-state index in [2.05, 4.69) is 36.6 Å². The lowest BCUT2D eigenvalue weighted by Crippen LogP contribution is -2.40. The van der Waals surface area contributed by atoms with E-state index in [0.29, 0.717) is 12.5 Å². The molecule has 3 nitrogen and oxygen atoms in total. The van der Waals surface area contributed by atoms with Crippen molar-refractivity contribution in [3.63, 3.8) is 0 Å². The van der Waals surface area contributed by atoms with Crippen molar-refractivity contribution in [1.29, 1.82) is 0 Å². The van der Waals surface area contributed by atoms with Crippen molar-refractivity contribution < 1.29 is 4.79 Å². The average Bonchev–Trinajstić information content (AvgIpc) is 2.29. The summed E-state index contributed by atoms with van der Waals surface area (Å²) >= 11 is 0. The van der Waals surface area contributed by atoms with Crippen LogP contribution in [0.1, 0.15) is 25.8 Å². The molecule has 1 aromatic carbocycles. The normalized spacial score (nSPS) is 12.5. The summed E-state index contributed by atoms with van der Waals surface area (Å²) in [4.78, 5) is 11.4. The van der Waals surface area contributed by atoms with Gasteiger partial charge >= 0.3 is 0 Å². The lowest BCUT2D eigenvalue weighted by atomic mass is 10.0. The zero-order chi connectivity index (χ0) is 12.7.